The summed E-state index contributed by atoms with van der Waals surface area (Å²) in [5.41, 5.74) is 6.56. The first-order chi connectivity index (χ1) is 6.36. The zero-order valence-corrected chi connectivity index (χ0v) is 7.86. The van der Waals surface area contributed by atoms with Gasteiger partial charge in [0.25, 0.3) is 0 Å². The molecule has 0 atom stereocenters. The van der Waals surface area contributed by atoms with E-state index in [4.69, 9.17) is 10.5 Å². The molecular formula is C9H15N3O. The molecule has 1 fully saturated rings. The second-order valence-corrected chi connectivity index (χ2v) is 3.41. The highest BCUT2D eigenvalue weighted by molar-refractivity contribution is 5.24. The summed E-state index contributed by atoms with van der Waals surface area (Å²) in [4.78, 5) is 0. The standard InChI is InChI=1S/C9H15N3O/c1-13-9-7(5-10)6-11-12(9)8-3-2-4-8/h6,8H,2-5,10H2,1H3. The predicted molar refractivity (Wildman–Crippen MR) is 49.6 cm³/mol. The molecule has 1 aliphatic carbocycles. The lowest BCUT2D eigenvalue weighted by atomic mass is 9.93. The van der Waals surface area contributed by atoms with Crippen LogP contribution in [0.3, 0.4) is 0 Å². The van der Waals surface area contributed by atoms with Gasteiger partial charge in [-0.15, -0.1) is 0 Å². The normalized spacial score (nSPS) is 17.1. The first kappa shape index (κ1) is 8.56. The van der Waals surface area contributed by atoms with Gasteiger partial charge in [-0.25, -0.2) is 4.68 Å². The van der Waals surface area contributed by atoms with Gasteiger partial charge in [-0.1, -0.05) is 0 Å². The molecule has 1 aliphatic rings. The Kier molecular flexibility index (Phi) is 2.22. The zero-order valence-electron chi connectivity index (χ0n) is 7.86. The van der Waals surface area contributed by atoms with Crippen LogP contribution in [-0.4, -0.2) is 16.9 Å². The number of hydrogen-bond donors (Lipinski definition) is 1. The summed E-state index contributed by atoms with van der Waals surface area (Å²) < 4.78 is 7.25. The Morgan fingerprint density at radius 2 is 2.46 bits per heavy atom. The lowest BCUT2D eigenvalue weighted by Crippen LogP contribution is -2.19. The van der Waals surface area contributed by atoms with E-state index in [2.05, 4.69) is 5.10 Å². The van der Waals surface area contributed by atoms with E-state index < -0.39 is 0 Å². The molecule has 0 spiro atoms. The number of nitrogens with zero attached hydrogens (tertiary/aromatic N) is 2. The van der Waals surface area contributed by atoms with Crippen LogP contribution >= 0.6 is 0 Å². The molecule has 1 aromatic rings. The average molecular weight is 181 g/mol. The van der Waals surface area contributed by atoms with E-state index in [-0.39, 0.29) is 0 Å². The van der Waals surface area contributed by atoms with E-state index in [1.165, 1.54) is 19.3 Å². The van der Waals surface area contributed by atoms with Gasteiger partial charge in [0.05, 0.1) is 19.3 Å². The third kappa shape index (κ3) is 1.31. The van der Waals surface area contributed by atoms with Crippen molar-refractivity contribution in [3.8, 4) is 5.88 Å². The van der Waals surface area contributed by atoms with Crippen LogP contribution < -0.4 is 10.5 Å². The van der Waals surface area contributed by atoms with Crippen molar-refractivity contribution >= 4 is 0 Å². The third-order valence-corrected chi connectivity index (χ3v) is 2.65. The number of aromatic nitrogens is 2. The Hall–Kier alpha value is -1.03. The molecule has 4 heteroatoms. The van der Waals surface area contributed by atoms with Crippen molar-refractivity contribution in [2.75, 3.05) is 7.11 Å². The van der Waals surface area contributed by atoms with Crippen LogP contribution in [-0.2, 0) is 6.54 Å². The molecule has 1 aromatic heterocycles. The van der Waals surface area contributed by atoms with E-state index >= 15 is 0 Å². The second kappa shape index (κ2) is 3.38. The third-order valence-electron chi connectivity index (χ3n) is 2.65. The van der Waals surface area contributed by atoms with Crippen LogP contribution in [0.1, 0.15) is 30.9 Å². The fourth-order valence-electron chi connectivity index (χ4n) is 1.64. The second-order valence-electron chi connectivity index (χ2n) is 3.41. The Labute approximate surface area is 77.7 Å². The average Bonchev–Trinajstić information content (AvgIpc) is 2.44. The molecule has 0 unspecified atom stereocenters. The van der Waals surface area contributed by atoms with Crippen LogP contribution in [0, 0.1) is 0 Å². The van der Waals surface area contributed by atoms with E-state index in [0.29, 0.717) is 12.6 Å². The summed E-state index contributed by atoms with van der Waals surface area (Å²) in [6.07, 6.45) is 5.52. The predicted octanol–water partition coefficient (Wildman–Crippen LogP) is 1.08. The Bertz CT molecular complexity index is 291. The summed E-state index contributed by atoms with van der Waals surface area (Å²) in [6.45, 7) is 0.496. The lowest BCUT2D eigenvalue weighted by molar-refractivity contribution is 0.249. The maximum absolute atomic E-state index is 5.57. The zero-order chi connectivity index (χ0) is 9.26. The molecule has 0 saturated heterocycles. The van der Waals surface area contributed by atoms with Gasteiger partial charge in [-0.05, 0) is 19.3 Å². The first-order valence-electron chi connectivity index (χ1n) is 4.67. The van der Waals surface area contributed by atoms with E-state index in [9.17, 15) is 0 Å². The summed E-state index contributed by atoms with van der Waals surface area (Å²) in [7, 11) is 1.67. The number of hydrogen-bond acceptors (Lipinski definition) is 3. The Balaban J connectivity index is 2.28. The van der Waals surface area contributed by atoms with Crippen molar-refractivity contribution in [2.24, 2.45) is 5.73 Å². The summed E-state index contributed by atoms with van der Waals surface area (Å²) in [5, 5.41) is 4.29. The fourth-order valence-corrected chi connectivity index (χ4v) is 1.64. The van der Waals surface area contributed by atoms with Gasteiger partial charge < -0.3 is 10.5 Å². The summed E-state index contributed by atoms with van der Waals surface area (Å²) in [5.74, 6) is 0.840. The van der Waals surface area contributed by atoms with Crippen LogP contribution in [0.5, 0.6) is 5.88 Å². The van der Waals surface area contributed by atoms with Gasteiger partial charge in [0.1, 0.15) is 0 Å². The molecule has 72 valence electrons. The van der Waals surface area contributed by atoms with Crippen molar-refractivity contribution in [2.45, 2.75) is 31.8 Å². The van der Waals surface area contributed by atoms with Crippen molar-refractivity contribution in [3.05, 3.63) is 11.8 Å². The molecule has 0 bridgehead atoms. The fraction of sp³-hybridized carbons (Fsp3) is 0.667. The molecule has 13 heavy (non-hydrogen) atoms. The number of rotatable bonds is 3. The van der Waals surface area contributed by atoms with Crippen LogP contribution in [0.2, 0.25) is 0 Å². The summed E-state index contributed by atoms with van der Waals surface area (Å²) >= 11 is 0. The van der Waals surface area contributed by atoms with E-state index in [1.54, 1.807) is 13.3 Å². The number of ether oxygens (including phenoxy) is 1. The number of methoxy groups -OCH3 is 1. The van der Waals surface area contributed by atoms with Crippen molar-refractivity contribution in [3.63, 3.8) is 0 Å². The molecule has 0 aliphatic heterocycles. The first-order valence-corrected chi connectivity index (χ1v) is 4.67. The SMILES string of the molecule is COc1c(CN)cnn1C1CCC1. The van der Waals surface area contributed by atoms with Crippen molar-refractivity contribution in [1.29, 1.82) is 0 Å². The molecule has 0 amide bonds. The minimum atomic E-state index is 0.496. The molecule has 2 N–H and O–H groups in total. The van der Waals surface area contributed by atoms with Crippen LogP contribution in [0.25, 0.3) is 0 Å². The maximum Gasteiger partial charge on any atom is 0.216 e. The summed E-state index contributed by atoms with van der Waals surface area (Å²) in [6, 6.07) is 0.537. The van der Waals surface area contributed by atoms with Gasteiger partial charge in [0, 0.05) is 12.1 Å². The monoisotopic (exact) mass is 181 g/mol. The molecule has 0 radical (unpaired) electrons. The van der Waals surface area contributed by atoms with E-state index in [0.717, 1.165) is 11.4 Å². The molecule has 1 saturated carbocycles. The largest absolute Gasteiger partial charge is 0.481 e. The quantitative estimate of drug-likeness (QED) is 0.759. The van der Waals surface area contributed by atoms with Gasteiger partial charge in [-0.2, -0.15) is 5.10 Å². The highest BCUT2D eigenvalue weighted by atomic mass is 16.5. The van der Waals surface area contributed by atoms with E-state index in [1.807, 2.05) is 4.68 Å². The van der Waals surface area contributed by atoms with Crippen LogP contribution in [0.15, 0.2) is 6.20 Å². The van der Waals surface area contributed by atoms with Crippen molar-refractivity contribution < 1.29 is 4.74 Å². The smallest absolute Gasteiger partial charge is 0.216 e. The van der Waals surface area contributed by atoms with Crippen LogP contribution in [0.4, 0.5) is 0 Å². The maximum atomic E-state index is 5.57. The van der Waals surface area contributed by atoms with Gasteiger partial charge in [0.2, 0.25) is 5.88 Å². The topological polar surface area (TPSA) is 53.1 Å². The highest BCUT2D eigenvalue weighted by Crippen LogP contribution is 2.35. The highest BCUT2D eigenvalue weighted by Gasteiger charge is 2.24. The van der Waals surface area contributed by atoms with Crippen molar-refractivity contribution in [1.82, 2.24) is 9.78 Å². The molecule has 2 rings (SSSR count). The minimum Gasteiger partial charge on any atom is -0.481 e. The van der Waals surface area contributed by atoms with Gasteiger partial charge >= 0.3 is 0 Å². The molecule has 0 aromatic carbocycles. The minimum absolute atomic E-state index is 0.496. The van der Waals surface area contributed by atoms with Gasteiger partial charge in [0.15, 0.2) is 0 Å². The Morgan fingerprint density at radius 3 is 2.92 bits per heavy atom. The van der Waals surface area contributed by atoms with Gasteiger partial charge in [-0.3, -0.25) is 0 Å². The molecular weight excluding hydrogens is 166 g/mol. The molecule has 1 heterocycles. The lowest BCUT2D eigenvalue weighted by Gasteiger charge is -2.26. The molecule has 4 nitrogen and oxygen atoms in total. The Morgan fingerprint density at radius 1 is 1.69 bits per heavy atom. The number of nitrogens with two attached hydrogens (primary N) is 1.